The predicted octanol–water partition coefficient (Wildman–Crippen LogP) is 2.64. The van der Waals surface area contributed by atoms with Gasteiger partial charge in [-0.2, -0.15) is 0 Å². The second kappa shape index (κ2) is 4.68. The van der Waals surface area contributed by atoms with Crippen LogP contribution in [0.15, 0.2) is 24.3 Å². The first-order chi connectivity index (χ1) is 8.82. The van der Waals surface area contributed by atoms with Gasteiger partial charge in [0.05, 0.1) is 5.92 Å². The van der Waals surface area contributed by atoms with E-state index in [2.05, 4.69) is 0 Å². The number of carboxylic acid groups (broad SMARTS) is 1. The van der Waals surface area contributed by atoms with Gasteiger partial charge in [-0.25, -0.2) is 0 Å². The molecule has 1 unspecified atom stereocenters. The number of fused-ring (bicyclic) bond motifs is 1. The van der Waals surface area contributed by atoms with Crippen molar-refractivity contribution in [3.63, 3.8) is 0 Å². The summed E-state index contributed by atoms with van der Waals surface area (Å²) in [4.78, 5) is 25.4. The summed E-state index contributed by atoms with van der Waals surface area (Å²) in [6, 6.07) is 7.29. The van der Waals surface area contributed by atoms with Crippen LogP contribution in [0.3, 0.4) is 0 Å². The quantitative estimate of drug-likeness (QED) is 0.845. The molecule has 19 heavy (non-hydrogen) atoms. The minimum Gasteiger partial charge on any atom is -0.481 e. The van der Waals surface area contributed by atoms with Crippen LogP contribution in [0.4, 0.5) is 5.69 Å². The van der Waals surface area contributed by atoms with Crippen LogP contribution in [-0.2, 0) is 9.59 Å². The lowest BCUT2D eigenvalue weighted by Gasteiger charge is -2.36. The summed E-state index contributed by atoms with van der Waals surface area (Å²) in [5.74, 6) is -1.31. The number of aliphatic carboxylic acids is 1. The Morgan fingerprint density at radius 3 is 2.47 bits per heavy atom. The van der Waals surface area contributed by atoms with E-state index in [0.29, 0.717) is 13.0 Å². The minimum atomic E-state index is -0.824. The molecule has 0 aromatic heterocycles. The van der Waals surface area contributed by atoms with E-state index in [9.17, 15) is 14.7 Å². The third-order valence-electron chi connectivity index (χ3n) is 3.43. The number of hydrogen-bond donors (Lipinski definition) is 1. The molecule has 0 aliphatic carbocycles. The van der Waals surface area contributed by atoms with Gasteiger partial charge in [-0.1, -0.05) is 39.0 Å². The van der Waals surface area contributed by atoms with Gasteiger partial charge in [0.2, 0.25) is 5.91 Å². The van der Waals surface area contributed by atoms with Crippen LogP contribution in [0.2, 0.25) is 0 Å². The Morgan fingerprint density at radius 2 is 1.89 bits per heavy atom. The highest BCUT2D eigenvalue weighted by Gasteiger charge is 2.35. The van der Waals surface area contributed by atoms with Crippen molar-refractivity contribution < 1.29 is 14.7 Å². The molecule has 0 spiro atoms. The van der Waals surface area contributed by atoms with Crippen LogP contribution in [0.1, 0.15) is 38.7 Å². The van der Waals surface area contributed by atoms with E-state index < -0.39 is 17.3 Å². The number of anilines is 1. The molecule has 102 valence electrons. The number of benzene rings is 1. The van der Waals surface area contributed by atoms with Crippen LogP contribution in [0.5, 0.6) is 0 Å². The molecule has 1 aliphatic heterocycles. The first-order valence-electron chi connectivity index (χ1n) is 6.46. The Hall–Kier alpha value is -1.84. The van der Waals surface area contributed by atoms with Crippen LogP contribution in [0.25, 0.3) is 0 Å². The summed E-state index contributed by atoms with van der Waals surface area (Å²) in [6.45, 7) is 6.09. The molecule has 4 heteroatoms. The third-order valence-corrected chi connectivity index (χ3v) is 3.43. The summed E-state index contributed by atoms with van der Waals surface area (Å²) in [5, 5.41) is 9.27. The molecule has 1 aliphatic rings. The van der Waals surface area contributed by atoms with Crippen molar-refractivity contribution in [2.45, 2.75) is 33.1 Å². The highest BCUT2D eigenvalue weighted by molar-refractivity contribution is 5.99. The first kappa shape index (κ1) is 13.6. The smallest absolute Gasteiger partial charge is 0.311 e. The Labute approximate surface area is 113 Å². The Morgan fingerprint density at radius 1 is 1.26 bits per heavy atom. The molecular formula is C15H19NO3. The molecule has 0 saturated carbocycles. The zero-order valence-corrected chi connectivity index (χ0v) is 11.5. The van der Waals surface area contributed by atoms with Gasteiger partial charge in [0.1, 0.15) is 0 Å². The van der Waals surface area contributed by atoms with Crippen LogP contribution >= 0.6 is 0 Å². The molecule has 2 rings (SSSR count). The molecule has 0 radical (unpaired) electrons. The zero-order valence-electron chi connectivity index (χ0n) is 11.5. The average Bonchev–Trinajstić information content (AvgIpc) is 2.35. The molecule has 1 amide bonds. The lowest BCUT2D eigenvalue weighted by molar-refractivity contribution is -0.139. The predicted molar refractivity (Wildman–Crippen MR) is 73.2 cm³/mol. The molecule has 4 nitrogen and oxygen atoms in total. The van der Waals surface area contributed by atoms with Crippen molar-refractivity contribution in [1.29, 1.82) is 0 Å². The van der Waals surface area contributed by atoms with Crippen molar-refractivity contribution >= 4 is 17.6 Å². The molecule has 0 saturated heterocycles. The highest BCUT2D eigenvalue weighted by atomic mass is 16.4. The van der Waals surface area contributed by atoms with E-state index in [4.69, 9.17) is 0 Å². The fourth-order valence-electron chi connectivity index (χ4n) is 2.43. The lowest BCUT2D eigenvalue weighted by atomic mass is 9.87. The van der Waals surface area contributed by atoms with E-state index in [0.717, 1.165) is 11.3 Å². The van der Waals surface area contributed by atoms with Gasteiger partial charge in [0.15, 0.2) is 0 Å². The van der Waals surface area contributed by atoms with Gasteiger partial charge in [-0.3, -0.25) is 9.59 Å². The maximum absolute atomic E-state index is 12.4. The Balaban J connectivity index is 2.44. The van der Waals surface area contributed by atoms with Gasteiger partial charge < -0.3 is 10.0 Å². The van der Waals surface area contributed by atoms with Crippen molar-refractivity contribution in [3.05, 3.63) is 29.8 Å². The highest BCUT2D eigenvalue weighted by Crippen LogP contribution is 2.37. The van der Waals surface area contributed by atoms with E-state index >= 15 is 0 Å². The summed E-state index contributed by atoms with van der Waals surface area (Å²) < 4.78 is 0. The topological polar surface area (TPSA) is 57.6 Å². The molecule has 0 bridgehead atoms. The summed E-state index contributed by atoms with van der Waals surface area (Å²) in [6.07, 6.45) is 0.466. The van der Waals surface area contributed by atoms with E-state index in [1.54, 1.807) is 11.0 Å². The number of carboxylic acids is 1. The van der Waals surface area contributed by atoms with E-state index in [1.807, 2.05) is 39.0 Å². The van der Waals surface area contributed by atoms with Gasteiger partial charge in [-0.15, -0.1) is 0 Å². The third kappa shape index (κ3) is 2.48. The molecule has 1 aromatic carbocycles. The van der Waals surface area contributed by atoms with Crippen LogP contribution in [-0.4, -0.2) is 23.5 Å². The molecule has 1 atom stereocenters. The first-order valence-corrected chi connectivity index (χ1v) is 6.46. The fourth-order valence-corrected chi connectivity index (χ4v) is 2.43. The molecule has 1 aromatic rings. The standard InChI is InChI=1S/C15H19NO3/c1-15(2,3)14(19)16-9-8-11(13(17)18)10-6-4-5-7-12(10)16/h4-7,11H,8-9H2,1-3H3,(H,17,18). The average molecular weight is 261 g/mol. The normalized spacial score (nSPS) is 18.9. The van der Waals surface area contributed by atoms with Gasteiger partial charge in [0, 0.05) is 17.6 Å². The second-order valence-corrected chi connectivity index (χ2v) is 5.95. The molecule has 0 fully saturated rings. The number of hydrogen-bond acceptors (Lipinski definition) is 2. The zero-order chi connectivity index (χ0) is 14.2. The maximum Gasteiger partial charge on any atom is 0.311 e. The number of nitrogens with zero attached hydrogens (tertiary/aromatic N) is 1. The number of para-hydroxylation sites is 1. The van der Waals surface area contributed by atoms with E-state index in [-0.39, 0.29) is 5.91 Å². The van der Waals surface area contributed by atoms with Crippen molar-refractivity contribution in [3.8, 4) is 0 Å². The summed E-state index contributed by atoms with van der Waals surface area (Å²) in [5.41, 5.74) is 1.00. The molecule has 1 N–H and O–H groups in total. The minimum absolute atomic E-state index is 0.0313. The fraction of sp³-hybridized carbons (Fsp3) is 0.467. The van der Waals surface area contributed by atoms with Crippen LogP contribution < -0.4 is 4.90 Å². The Kier molecular flexibility index (Phi) is 3.35. The number of carbonyl (C=O) groups is 2. The largest absolute Gasteiger partial charge is 0.481 e. The van der Waals surface area contributed by atoms with Crippen LogP contribution in [0, 0.1) is 5.41 Å². The molecular weight excluding hydrogens is 242 g/mol. The number of rotatable bonds is 1. The number of amides is 1. The second-order valence-electron chi connectivity index (χ2n) is 5.95. The number of carbonyl (C=O) groups excluding carboxylic acids is 1. The van der Waals surface area contributed by atoms with Crippen molar-refractivity contribution in [2.24, 2.45) is 5.41 Å². The summed E-state index contributed by atoms with van der Waals surface area (Å²) >= 11 is 0. The lowest BCUT2D eigenvalue weighted by Crippen LogP contribution is -2.43. The van der Waals surface area contributed by atoms with Gasteiger partial charge >= 0.3 is 5.97 Å². The summed E-state index contributed by atoms with van der Waals surface area (Å²) in [7, 11) is 0. The van der Waals surface area contributed by atoms with Gasteiger partial charge in [-0.05, 0) is 18.1 Å². The van der Waals surface area contributed by atoms with Crippen molar-refractivity contribution in [2.75, 3.05) is 11.4 Å². The SMILES string of the molecule is CC(C)(C)C(=O)N1CCC(C(=O)O)c2ccccc21. The monoisotopic (exact) mass is 261 g/mol. The molecule has 1 heterocycles. The van der Waals surface area contributed by atoms with E-state index in [1.165, 1.54) is 0 Å². The maximum atomic E-state index is 12.4. The van der Waals surface area contributed by atoms with Crippen molar-refractivity contribution in [1.82, 2.24) is 0 Å². The Bertz CT molecular complexity index is 516. The van der Waals surface area contributed by atoms with Gasteiger partial charge in [0.25, 0.3) is 0 Å².